The Morgan fingerprint density at radius 2 is 2.09 bits per heavy atom. The van der Waals surface area contributed by atoms with Crippen LogP contribution in [-0.2, 0) is 4.74 Å². The number of hydrazone groups is 1. The molecule has 1 amide bonds. The molecule has 6 heteroatoms. The summed E-state index contributed by atoms with van der Waals surface area (Å²) in [5, 5.41) is 0. The maximum Gasteiger partial charge on any atom is 0.626 e. The summed E-state index contributed by atoms with van der Waals surface area (Å²) in [6.07, 6.45) is 5.54. The molecule has 1 aliphatic rings. The van der Waals surface area contributed by atoms with Gasteiger partial charge in [0, 0.05) is 17.0 Å². The Hall–Kier alpha value is -1.78. The van der Waals surface area contributed by atoms with E-state index in [1.807, 2.05) is 48.6 Å². The smallest absolute Gasteiger partial charge is 0.410 e. The predicted octanol–water partition coefficient (Wildman–Crippen LogP) is 3.62. The van der Waals surface area contributed by atoms with Gasteiger partial charge in [0.15, 0.2) is 0 Å². The number of hydrogen-bond acceptors (Lipinski definition) is 3. The minimum Gasteiger partial charge on any atom is -0.410 e. The number of carbonyl (C=O) groups excluding carboxylic acids is 1. The molecule has 1 aliphatic carbocycles. The van der Waals surface area contributed by atoms with Crippen molar-refractivity contribution in [3.63, 3.8) is 0 Å². The van der Waals surface area contributed by atoms with Gasteiger partial charge in [-0.25, -0.2) is 0 Å². The van der Waals surface area contributed by atoms with Crippen molar-refractivity contribution in [2.24, 2.45) is 5.84 Å². The van der Waals surface area contributed by atoms with E-state index in [1.165, 1.54) is 0 Å². The fourth-order valence-corrected chi connectivity index (χ4v) is 2.59. The number of benzene rings is 1. The second-order valence-corrected chi connectivity index (χ2v) is 6.17. The van der Waals surface area contributed by atoms with Crippen molar-refractivity contribution < 1.29 is 14.2 Å². The molecule has 1 aromatic carbocycles. The molecule has 0 bridgehead atoms. The third kappa shape index (κ3) is 4.15. The van der Waals surface area contributed by atoms with Gasteiger partial charge in [-0.1, -0.05) is 36.4 Å². The Labute approximate surface area is 145 Å². The first-order valence-corrected chi connectivity index (χ1v) is 8.20. The van der Waals surface area contributed by atoms with E-state index in [0.717, 1.165) is 15.8 Å². The molecule has 0 saturated heterocycles. The van der Waals surface area contributed by atoms with Crippen LogP contribution < -0.4 is 5.84 Å². The van der Waals surface area contributed by atoms with E-state index in [0.29, 0.717) is 18.0 Å². The van der Waals surface area contributed by atoms with E-state index in [1.54, 1.807) is 6.92 Å². The maximum atomic E-state index is 12.0. The molecule has 0 aliphatic heterocycles. The summed E-state index contributed by atoms with van der Waals surface area (Å²) in [6.45, 7) is 1.98. The fourth-order valence-electron chi connectivity index (χ4n) is 2.25. The average Bonchev–Trinajstić information content (AvgIpc) is 2.58. The second-order valence-electron chi connectivity index (χ2n) is 5.15. The lowest BCUT2D eigenvalue weighted by atomic mass is 9.92. The van der Waals surface area contributed by atoms with Gasteiger partial charge in [-0.3, -0.25) is 0 Å². The standard InChI is InChI=1S/C17H19Cl2N2O2/c1-2-23-16(22)21(20)15(13-6-4-3-5-7-13)14-8-10-17(19,12-18)11-9-14/h3-10H,2,11-12,20H2,1H3/q+1. The Morgan fingerprint density at radius 1 is 1.39 bits per heavy atom. The summed E-state index contributed by atoms with van der Waals surface area (Å²) < 4.78 is 6.03. The van der Waals surface area contributed by atoms with Crippen LogP contribution in [0.1, 0.15) is 18.9 Å². The minimum atomic E-state index is -0.610. The highest BCUT2D eigenvalue weighted by Crippen LogP contribution is 2.30. The van der Waals surface area contributed by atoms with Crippen LogP contribution in [0.4, 0.5) is 4.79 Å². The number of rotatable bonds is 4. The second kappa shape index (κ2) is 7.66. The summed E-state index contributed by atoms with van der Waals surface area (Å²) in [5.74, 6) is 6.30. The van der Waals surface area contributed by atoms with Crippen LogP contribution in [0, 0.1) is 0 Å². The van der Waals surface area contributed by atoms with Gasteiger partial charge in [0.25, 0.3) is 5.71 Å². The average molecular weight is 354 g/mol. The molecule has 0 fully saturated rings. The maximum absolute atomic E-state index is 12.0. The number of nitrogens with two attached hydrogens (primary N) is 1. The zero-order valence-corrected chi connectivity index (χ0v) is 14.3. The molecular formula is C17H19Cl2N2O2+. The highest BCUT2D eigenvalue weighted by atomic mass is 35.5. The quantitative estimate of drug-likeness (QED) is 0.224. The SMILES string of the molecule is CCOC(=O)[N+](N)=C(C1=CCC(Cl)(CCl)C=C1)c1ccccc1. The number of hydrazine groups is 1. The molecular weight excluding hydrogens is 335 g/mol. The van der Waals surface area contributed by atoms with Crippen LogP contribution in [-0.4, -0.2) is 33.9 Å². The number of alkyl halides is 2. The van der Waals surface area contributed by atoms with E-state index < -0.39 is 11.0 Å². The number of nitrogens with zero attached hydrogens (tertiary/aromatic N) is 1. The molecule has 4 nitrogen and oxygen atoms in total. The number of carbonyl (C=O) groups is 1. The molecule has 2 rings (SSSR count). The molecule has 122 valence electrons. The summed E-state index contributed by atoms with van der Waals surface area (Å²) in [6, 6.07) is 9.42. The van der Waals surface area contributed by atoms with Crippen LogP contribution >= 0.6 is 23.2 Å². The normalized spacial score (nSPS) is 21.4. The van der Waals surface area contributed by atoms with E-state index in [4.69, 9.17) is 33.8 Å². The Balaban J connectivity index is 2.47. The largest absolute Gasteiger partial charge is 0.626 e. The third-order valence-corrected chi connectivity index (χ3v) is 4.50. The van der Waals surface area contributed by atoms with Gasteiger partial charge in [0.05, 0.1) is 11.5 Å². The monoisotopic (exact) mass is 353 g/mol. The van der Waals surface area contributed by atoms with Crippen LogP contribution in [0.2, 0.25) is 0 Å². The van der Waals surface area contributed by atoms with Gasteiger partial charge in [0.2, 0.25) is 0 Å². The zero-order chi connectivity index (χ0) is 16.9. The number of hydrogen-bond donors (Lipinski definition) is 1. The van der Waals surface area contributed by atoms with Crippen molar-refractivity contribution in [3.05, 3.63) is 59.7 Å². The van der Waals surface area contributed by atoms with Gasteiger partial charge in [-0.2, -0.15) is 10.6 Å². The molecule has 1 atom stereocenters. The van der Waals surface area contributed by atoms with E-state index in [9.17, 15) is 4.79 Å². The molecule has 0 heterocycles. The van der Waals surface area contributed by atoms with Crippen LogP contribution in [0.25, 0.3) is 0 Å². The highest BCUT2D eigenvalue weighted by Gasteiger charge is 2.31. The molecule has 2 N–H and O–H groups in total. The van der Waals surface area contributed by atoms with Gasteiger partial charge >= 0.3 is 6.09 Å². The lowest BCUT2D eigenvalue weighted by molar-refractivity contribution is -0.456. The van der Waals surface area contributed by atoms with Gasteiger partial charge in [0.1, 0.15) is 0 Å². The number of allylic oxidation sites excluding steroid dienone is 4. The van der Waals surface area contributed by atoms with Gasteiger partial charge in [-0.15, -0.1) is 23.2 Å². The molecule has 0 aromatic heterocycles. The molecule has 0 saturated carbocycles. The molecule has 1 aromatic rings. The zero-order valence-electron chi connectivity index (χ0n) is 12.8. The van der Waals surface area contributed by atoms with Gasteiger partial charge in [-0.05, 0) is 30.2 Å². The van der Waals surface area contributed by atoms with Crippen molar-refractivity contribution in [2.75, 3.05) is 12.5 Å². The summed E-state index contributed by atoms with van der Waals surface area (Å²) in [4.78, 5) is 11.4. The van der Waals surface area contributed by atoms with Gasteiger partial charge < -0.3 is 4.74 Å². The molecule has 0 radical (unpaired) electrons. The van der Waals surface area contributed by atoms with Crippen molar-refractivity contribution in [1.29, 1.82) is 0 Å². The summed E-state index contributed by atoms with van der Waals surface area (Å²) in [5.41, 5.74) is 2.17. The van der Waals surface area contributed by atoms with E-state index >= 15 is 0 Å². The summed E-state index contributed by atoms with van der Waals surface area (Å²) >= 11 is 12.2. The topological polar surface area (TPSA) is 55.3 Å². The third-order valence-electron chi connectivity index (χ3n) is 3.47. The highest BCUT2D eigenvalue weighted by molar-refractivity contribution is 6.32. The van der Waals surface area contributed by atoms with Crippen LogP contribution in [0.3, 0.4) is 0 Å². The van der Waals surface area contributed by atoms with Crippen LogP contribution in [0.5, 0.6) is 0 Å². The first-order valence-electron chi connectivity index (χ1n) is 7.29. The number of amides is 1. The number of halogens is 2. The molecule has 1 unspecified atom stereocenters. The minimum absolute atomic E-state index is 0.251. The van der Waals surface area contributed by atoms with E-state index in [-0.39, 0.29) is 6.61 Å². The van der Waals surface area contributed by atoms with Crippen molar-refractivity contribution in [3.8, 4) is 0 Å². The van der Waals surface area contributed by atoms with Crippen LogP contribution in [0.15, 0.2) is 54.1 Å². The Kier molecular flexibility index (Phi) is 5.85. The van der Waals surface area contributed by atoms with E-state index in [2.05, 4.69) is 0 Å². The Morgan fingerprint density at radius 3 is 2.61 bits per heavy atom. The lowest BCUT2D eigenvalue weighted by Gasteiger charge is -2.22. The summed E-state index contributed by atoms with van der Waals surface area (Å²) in [7, 11) is 0. The molecule has 0 spiro atoms. The first kappa shape index (κ1) is 17.6. The lowest BCUT2D eigenvalue weighted by Crippen LogP contribution is -2.36. The van der Waals surface area contributed by atoms with Crippen molar-refractivity contribution in [1.82, 2.24) is 0 Å². The first-order chi connectivity index (χ1) is 11.0. The Bertz CT molecular complexity index is 668. The fraction of sp³-hybridized carbons (Fsp3) is 0.294. The molecule has 23 heavy (non-hydrogen) atoms. The van der Waals surface area contributed by atoms with Crippen molar-refractivity contribution in [2.45, 2.75) is 18.2 Å². The van der Waals surface area contributed by atoms with Crippen molar-refractivity contribution >= 4 is 35.0 Å². The predicted molar refractivity (Wildman–Crippen MR) is 93.2 cm³/mol. The number of ether oxygens (including phenoxy) is 1.